The Bertz CT molecular complexity index is 759. The molecule has 1 heterocycles. The summed E-state index contributed by atoms with van der Waals surface area (Å²) in [7, 11) is 0. The van der Waals surface area contributed by atoms with Crippen LogP contribution in [0.4, 0.5) is 0 Å². The third kappa shape index (κ3) is 3.81. The number of nitrogens with two attached hydrogens (primary N) is 1. The molecule has 1 unspecified atom stereocenters. The van der Waals surface area contributed by atoms with Crippen LogP contribution in [0.25, 0.3) is 0 Å². The number of carbonyl (C=O) groups excluding carboxylic acids is 1. The summed E-state index contributed by atoms with van der Waals surface area (Å²) in [4.78, 5) is 11.3. The number of nitrogens with one attached hydrogen (secondary N) is 1. The van der Waals surface area contributed by atoms with E-state index in [2.05, 4.69) is 0 Å². The third-order valence-electron chi connectivity index (χ3n) is 2.99. The summed E-state index contributed by atoms with van der Waals surface area (Å²) in [5.41, 5.74) is 5.31. The van der Waals surface area contributed by atoms with Crippen molar-refractivity contribution in [2.75, 3.05) is 0 Å². The lowest BCUT2D eigenvalue weighted by Crippen LogP contribution is -2.33. The van der Waals surface area contributed by atoms with Crippen molar-refractivity contribution in [3.05, 3.63) is 57.6 Å². The van der Waals surface area contributed by atoms with Crippen LogP contribution in [0, 0.1) is 5.41 Å². The molecule has 2 aromatic rings. The Kier molecular flexibility index (Phi) is 5.11. The molecule has 1 atom stereocenters. The molecule has 5 nitrogen and oxygen atoms in total. The van der Waals surface area contributed by atoms with Gasteiger partial charge in [0, 0.05) is 6.20 Å². The second-order valence-electron chi connectivity index (χ2n) is 4.80. The number of hydrogen-bond donors (Lipinski definition) is 2. The zero-order chi connectivity index (χ0) is 16.3. The predicted octanol–water partition coefficient (Wildman–Crippen LogP) is 2.84. The number of aromatic nitrogens is 1. The molecular formula is C15H15Cl2N3O2. The molecular weight excluding hydrogens is 325 g/mol. The Morgan fingerprint density at radius 3 is 2.73 bits per heavy atom. The Labute approximate surface area is 137 Å². The number of benzene rings is 1. The van der Waals surface area contributed by atoms with Crippen molar-refractivity contribution in [2.45, 2.75) is 19.6 Å². The van der Waals surface area contributed by atoms with Crippen LogP contribution in [0.2, 0.25) is 10.0 Å². The topological polar surface area (TPSA) is 81.1 Å². The van der Waals surface area contributed by atoms with Gasteiger partial charge in [-0.3, -0.25) is 10.2 Å². The van der Waals surface area contributed by atoms with Crippen LogP contribution in [0.1, 0.15) is 17.3 Å². The summed E-state index contributed by atoms with van der Waals surface area (Å²) in [6.45, 7) is 2.16. The first kappa shape index (κ1) is 16.4. The van der Waals surface area contributed by atoms with Crippen molar-refractivity contribution in [3.8, 4) is 5.75 Å². The Hall–Kier alpha value is -1.98. The van der Waals surface area contributed by atoms with Gasteiger partial charge in [-0.05, 0) is 25.1 Å². The van der Waals surface area contributed by atoms with E-state index in [1.807, 2.05) is 19.1 Å². The summed E-state index contributed by atoms with van der Waals surface area (Å²) in [6, 6.07) is 8.51. The smallest absolute Gasteiger partial charge is 0.252 e. The molecule has 0 saturated carbocycles. The van der Waals surface area contributed by atoms with Gasteiger partial charge in [0.05, 0.1) is 22.2 Å². The Morgan fingerprint density at radius 2 is 2.09 bits per heavy atom. The van der Waals surface area contributed by atoms with E-state index in [1.54, 1.807) is 18.3 Å². The van der Waals surface area contributed by atoms with Crippen LogP contribution in [-0.2, 0) is 6.54 Å². The van der Waals surface area contributed by atoms with Crippen molar-refractivity contribution in [2.24, 2.45) is 5.73 Å². The Morgan fingerprint density at radius 1 is 1.41 bits per heavy atom. The zero-order valence-corrected chi connectivity index (χ0v) is 13.4. The maximum Gasteiger partial charge on any atom is 0.252 e. The minimum Gasteiger partial charge on any atom is -0.487 e. The van der Waals surface area contributed by atoms with Crippen molar-refractivity contribution >= 4 is 29.1 Å². The van der Waals surface area contributed by atoms with Gasteiger partial charge in [0.2, 0.25) is 0 Å². The SMILES string of the molecule is CC(Cn1cc(Cl)cc(C(N)=O)c1=N)Oc1ccccc1Cl. The van der Waals surface area contributed by atoms with Gasteiger partial charge in [-0.1, -0.05) is 35.3 Å². The molecule has 0 aliphatic rings. The van der Waals surface area contributed by atoms with Crippen LogP contribution in [0.15, 0.2) is 36.5 Å². The fraction of sp³-hybridized carbons (Fsp3) is 0.200. The highest BCUT2D eigenvalue weighted by Crippen LogP contribution is 2.24. The first-order valence-electron chi connectivity index (χ1n) is 6.54. The van der Waals surface area contributed by atoms with E-state index in [0.29, 0.717) is 22.3 Å². The lowest BCUT2D eigenvalue weighted by molar-refractivity contribution is 0.0997. The number of carbonyl (C=O) groups is 1. The van der Waals surface area contributed by atoms with Crippen LogP contribution in [0.3, 0.4) is 0 Å². The molecule has 7 heteroatoms. The maximum atomic E-state index is 11.3. The van der Waals surface area contributed by atoms with Gasteiger partial charge in [0.1, 0.15) is 17.3 Å². The Balaban J connectivity index is 2.22. The van der Waals surface area contributed by atoms with Crippen LogP contribution >= 0.6 is 23.2 Å². The third-order valence-corrected chi connectivity index (χ3v) is 3.51. The van der Waals surface area contributed by atoms with Gasteiger partial charge in [-0.15, -0.1) is 0 Å². The number of ether oxygens (including phenoxy) is 1. The molecule has 0 radical (unpaired) electrons. The number of halogens is 2. The van der Waals surface area contributed by atoms with E-state index in [0.717, 1.165) is 0 Å². The highest BCUT2D eigenvalue weighted by molar-refractivity contribution is 6.32. The average Bonchev–Trinajstić information content (AvgIpc) is 2.44. The van der Waals surface area contributed by atoms with Gasteiger partial charge in [0.15, 0.2) is 0 Å². The molecule has 1 aromatic heterocycles. The molecule has 0 saturated heterocycles. The van der Waals surface area contributed by atoms with Crippen molar-refractivity contribution < 1.29 is 9.53 Å². The molecule has 0 spiro atoms. The average molecular weight is 340 g/mol. The molecule has 2 rings (SSSR count). The normalized spacial score (nSPS) is 12.0. The molecule has 3 N–H and O–H groups in total. The van der Waals surface area contributed by atoms with E-state index in [4.69, 9.17) is 39.1 Å². The van der Waals surface area contributed by atoms with Crippen molar-refractivity contribution in [1.29, 1.82) is 5.41 Å². The van der Waals surface area contributed by atoms with Crippen LogP contribution < -0.4 is 16.0 Å². The highest BCUT2D eigenvalue weighted by atomic mass is 35.5. The molecule has 0 bridgehead atoms. The van der Waals surface area contributed by atoms with Gasteiger partial charge in [-0.25, -0.2) is 0 Å². The first-order valence-corrected chi connectivity index (χ1v) is 7.29. The van der Waals surface area contributed by atoms with Crippen molar-refractivity contribution in [1.82, 2.24) is 4.57 Å². The van der Waals surface area contributed by atoms with E-state index >= 15 is 0 Å². The van der Waals surface area contributed by atoms with Gasteiger partial charge >= 0.3 is 0 Å². The molecule has 116 valence electrons. The molecule has 1 amide bonds. The summed E-state index contributed by atoms with van der Waals surface area (Å²) in [5, 5.41) is 8.85. The summed E-state index contributed by atoms with van der Waals surface area (Å²) < 4.78 is 7.27. The number of rotatable bonds is 5. The molecule has 0 fully saturated rings. The number of primary amides is 1. The number of hydrogen-bond acceptors (Lipinski definition) is 3. The maximum absolute atomic E-state index is 11.3. The zero-order valence-electron chi connectivity index (χ0n) is 11.8. The minimum atomic E-state index is -0.694. The highest BCUT2D eigenvalue weighted by Gasteiger charge is 2.12. The van der Waals surface area contributed by atoms with Gasteiger partial charge < -0.3 is 15.0 Å². The van der Waals surface area contributed by atoms with E-state index in [1.165, 1.54) is 10.6 Å². The van der Waals surface area contributed by atoms with Crippen molar-refractivity contribution in [3.63, 3.8) is 0 Å². The summed E-state index contributed by atoms with van der Waals surface area (Å²) >= 11 is 12.0. The molecule has 1 aromatic carbocycles. The fourth-order valence-corrected chi connectivity index (χ4v) is 2.42. The monoisotopic (exact) mass is 339 g/mol. The van der Waals surface area contributed by atoms with E-state index in [-0.39, 0.29) is 17.2 Å². The van der Waals surface area contributed by atoms with Gasteiger partial charge in [-0.2, -0.15) is 0 Å². The number of para-hydroxylation sites is 1. The summed E-state index contributed by atoms with van der Waals surface area (Å²) in [5.74, 6) is -0.137. The molecule has 0 aliphatic carbocycles. The fourth-order valence-electron chi connectivity index (χ4n) is 2.01. The number of pyridine rings is 1. The van der Waals surface area contributed by atoms with Crippen LogP contribution in [0.5, 0.6) is 5.75 Å². The quantitative estimate of drug-likeness (QED) is 0.878. The standard InChI is InChI=1S/C15H15Cl2N3O2/c1-9(22-13-5-3-2-4-12(13)17)7-20-8-10(16)6-11(14(20)18)15(19)21/h2-6,8-9,18H,7H2,1H3,(H2,19,21). The molecule has 0 aliphatic heterocycles. The predicted molar refractivity (Wildman–Crippen MR) is 85.4 cm³/mol. The number of nitrogens with zero attached hydrogens (tertiary/aromatic N) is 1. The number of amides is 1. The van der Waals surface area contributed by atoms with E-state index in [9.17, 15) is 4.79 Å². The first-order chi connectivity index (χ1) is 10.4. The van der Waals surface area contributed by atoms with Gasteiger partial charge in [0.25, 0.3) is 5.91 Å². The van der Waals surface area contributed by atoms with E-state index < -0.39 is 5.91 Å². The molecule has 22 heavy (non-hydrogen) atoms. The summed E-state index contributed by atoms with van der Waals surface area (Å²) in [6.07, 6.45) is 1.27. The lowest BCUT2D eigenvalue weighted by atomic mass is 10.2. The second kappa shape index (κ2) is 6.85. The lowest BCUT2D eigenvalue weighted by Gasteiger charge is -2.18. The van der Waals surface area contributed by atoms with Crippen LogP contribution in [-0.4, -0.2) is 16.6 Å². The second-order valence-corrected chi connectivity index (χ2v) is 5.64. The largest absolute Gasteiger partial charge is 0.487 e. The minimum absolute atomic E-state index is 0.00786.